The van der Waals surface area contributed by atoms with Gasteiger partial charge in [-0.3, -0.25) is 33.7 Å². The predicted octanol–water partition coefficient (Wildman–Crippen LogP) is 0.0727. The lowest BCUT2D eigenvalue weighted by Gasteiger charge is -2.19. The number of anilines is 1. The van der Waals surface area contributed by atoms with Crippen molar-refractivity contribution in [2.24, 2.45) is 7.05 Å². The molecule has 4 amide bonds. The van der Waals surface area contributed by atoms with E-state index < -0.39 is 23.8 Å². The molecule has 1 aliphatic rings. The van der Waals surface area contributed by atoms with Gasteiger partial charge in [-0.25, -0.2) is 0 Å². The third-order valence-corrected chi connectivity index (χ3v) is 4.31. The fourth-order valence-corrected chi connectivity index (χ4v) is 2.95. The van der Waals surface area contributed by atoms with E-state index in [1.165, 1.54) is 4.68 Å². The summed E-state index contributed by atoms with van der Waals surface area (Å²) in [5.41, 5.74) is 1.41. The van der Waals surface area contributed by atoms with Crippen molar-refractivity contribution in [3.8, 4) is 11.3 Å². The van der Waals surface area contributed by atoms with Crippen LogP contribution in [0.2, 0.25) is 0 Å². The molecule has 0 radical (unpaired) electrons. The number of aromatic nitrogens is 3. The molecule has 1 unspecified atom stereocenters. The number of pyridine rings is 1. The van der Waals surface area contributed by atoms with E-state index in [-0.39, 0.29) is 18.4 Å². The van der Waals surface area contributed by atoms with E-state index in [9.17, 15) is 19.2 Å². The minimum atomic E-state index is -1.04. The molecule has 3 rings (SSSR count). The molecule has 0 aliphatic carbocycles. The van der Waals surface area contributed by atoms with Crippen LogP contribution in [0.4, 0.5) is 5.82 Å². The van der Waals surface area contributed by atoms with E-state index in [2.05, 4.69) is 20.7 Å². The zero-order chi connectivity index (χ0) is 20.4. The van der Waals surface area contributed by atoms with Crippen LogP contribution in [0.1, 0.15) is 20.3 Å². The van der Waals surface area contributed by atoms with Crippen molar-refractivity contribution in [2.75, 3.05) is 5.32 Å². The molecule has 2 aromatic rings. The summed E-state index contributed by atoms with van der Waals surface area (Å²) in [7, 11) is 1.62. The normalized spacial score (nSPS) is 16.6. The molecular weight excluding hydrogens is 364 g/mol. The second-order valence-corrected chi connectivity index (χ2v) is 6.65. The summed E-state index contributed by atoms with van der Waals surface area (Å²) in [6.07, 6.45) is 3.08. The van der Waals surface area contributed by atoms with Crippen molar-refractivity contribution in [3.63, 3.8) is 0 Å². The summed E-state index contributed by atoms with van der Waals surface area (Å²) in [6, 6.07) is 3.81. The van der Waals surface area contributed by atoms with E-state index in [0.717, 1.165) is 10.5 Å². The summed E-state index contributed by atoms with van der Waals surface area (Å²) in [6.45, 7) is 3.41. The highest BCUT2D eigenvalue weighted by atomic mass is 16.2. The van der Waals surface area contributed by atoms with Gasteiger partial charge in [0.05, 0.1) is 12.1 Å². The lowest BCUT2D eigenvalue weighted by atomic mass is 10.2. The van der Waals surface area contributed by atoms with Gasteiger partial charge >= 0.3 is 11.8 Å². The zero-order valence-electron chi connectivity index (χ0n) is 15.7. The molecule has 0 spiro atoms. The Kier molecular flexibility index (Phi) is 5.21. The minimum absolute atomic E-state index is 0.159. The molecule has 2 aromatic heterocycles. The smallest absolute Gasteiger partial charge is 0.314 e. The lowest BCUT2D eigenvalue weighted by molar-refractivity contribution is -0.142. The second kappa shape index (κ2) is 7.59. The monoisotopic (exact) mass is 384 g/mol. The van der Waals surface area contributed by atoms with Crippen LogP contribution in [0, 0.1) is 0 Å². The van der Waals surface area contributed by atoms with Gasteiger partial charge < -0.3 is 10.6 Å². The van der Waals surface area contributed by atoms with Crippen LogP contribution in [0.3, 0.4) is 0 Å². The third kappa shape index (κ3) is 3.75. The maximum atomic E-state index is 12.2. The third-order valence-electron chi connectivity index (χ3n) is 4.31. The topological polar surface area (TPSA) is 126 Å². The van der Waals surface area contributed by atoms with E-state index in [4.69, 9.17) is 0 Å². The fourth-order valence-electron chi connectivity index (χ4n) is 2.95. The molecule has 10 nitrogen and oxygen atoms in total. The van der Waals surface area contributed by atoms with E-state index in [0.29, 0.717) is 11.5 Å². The van der Waals surface area contributed by atoms with Gasteiger partial charge in [0, 0.05) is 37.1 Å². The van der Waals surface area contributed by atoms with Crippen molar-refractivity contribution in [2.45, 2.75) is 32.4 Å². The summed E-state index contributed by atoms with van der Waals surface area (Å²) in [5, 5.41) is 9.06. The molecule has 2 N–H and O–H groups in total. The van der Waals surface area contributed by atoms with Gasteiger partial charge in [-0.2, -0.15) is 5.10 Å². The molecule has 0 aromatic carbocycles. The minimum Gasteiger partial charge on any atom is -0.335 e. The lowest BCUT2D eigenvalue weighted by Crippen LogP contribution is -2.47. The maximum absolute atomic E-state index is 12.2. The zero-order valence-corrected chi connectivity index (χ0v) is 15.7. The summed E-state index contributed by atoms with van der Waals surface area (Å²) < 4.78 is 1.42. The Bertz CT molecular complexity index is 937. The van der Waals surface area contributed by atoms with Crippen molar-refractivity contribution in [1.82, 2.24) is 25.0 Å². The number of hydrogen-bond donors (Lipinski definition) is 2. The quantitative estimate of drug-likeness (QED) is 0.568. The number of carbonyl (C=O) groups is 4. The average Bonchev–Trinajstić information content (AvgIpc) is 3.15. The van der Waals surface area contributed by atoms with Crippen LogP contribution >= 0.6 is 0 Å². The van der Waals surface area contributed by atoms with Crippen LogP contribution in [0.25, 0.3) is 11.3 Å². The Morgan fingerprint density at radius 3 is 2.46 bits per heavy atom. The van der Waals surface area contributed by atoms with E-state index >= 15 is 0 Å². The van der Waals surface area contributed by atoms with Crippen molar-refractivity contribution in [3.05, 3.63) is 30.6 Å². The molecule has 10 heteroatoms. The van der Waals surface area contributed by atoms with Gasteiger partial charge in [-0.15, -0.1) is 0 Å². The Morgan fingerprint density at radius 2 is 1.86 bits per heavy atom. The maximum Gasteiger partial charge on any atom is 0.314 e. The first-order valence-corrected chi connectivity index (χ1v) is 8.70. The molecular formula is C18H20N6O4. The molecule has 1 aliphatic heterocycles. The van der Waals surface area contributed by atoms with Gasteiger partial charge in [-0.1, -0.05) is 0 Å². The number of rotatable bonds is 4. The number of aryl methyl sites for hydroxylation is 1. The van der Waals surface area contributed by atoms with Crippen LogP contribution in [0.15, 0.2) is 30.6 Å². The summed E-state index contributed by atoms with van der Waals surface area (Å²) in [5.74, 6) is -2.53. The molecule has 3 heterocycles. The predicted molar refractivity (Wildman–Crippen MR) is 98.6 cm³/mol. The second-order valence-electron chi connectivity index (χ2n) is 6.65. The number of imide groups is 1. The highest BCUT2D eigenvalue weighted by Gasteiger charge is 2.41. The molecule has 146 valence electrons. The van der Waals surface area contributed by atoms with Crippen LogP contribution in [-0.2, 0) is 26.2 Å². The molecule has 0 saturated carbocycles. The number of carbonyl (C=O) groups excluding carboxylic acids is 4. The van der Waals surface area contributed by atoms with Gasteiger partial charge in [0.1, 0.15) is 11.9 Å². The number of nitrogens with zero attached hydrogens (tertiary/aromatic N) is 4. The number of nitrogens with one attached hydrogen (secondary N) is 2. The number of amides is 4. The Hall–Kier alpha value is -3.56. The summed E-state index contributed by atoms with van der Waals surface area (Å²) >= 11 is 0. The Morgan fingerprint density at radius 1 is 1.18 bits per heavy atom. The molecule has 1 saturated heterocycles. The van der Waals surface area contributed by atoms with Crippen LogP contribution in [-0.4, -0.2) is 55.4 Å². The van der Waals surface area contributed by atoms with Gasteiger partial charge in [-0.05, 0) is 26.0 Å². The molecule has 1 fully saturated rings. The van der Waals surface area contributed by atoms with Crippen molar-refractivity contribution < 1.29 is 19.2 Å². The van der Waals surface area contributed by atoms with E-state index in [1.54, 1.807) is 51.5 Å². The number of likely N-dealkylation sites (tertiary alicyclic amines) is 1. The average molecular weight is 384 g/mol. The van der Waals surface area contributed by atoms with Crippen LogP contribution in [0.5, 0.6) is 0 Å². The Labute approximate surface area is 160 Å². The summed E-state index contributed by atoms with van der Waals surface area (Å²) in [4.78, 5) is 53.5. The first-order chi connectivity index (χ1) is 13.3. The van der Waals surface area contributed by atoms with Crippen molar-refractivity contribution in [1.29, 1.82) is 0 Å². The fraction of sp³-hybridized carbons (Fsp3) is 0.333. The van der Waals surface area contributed by atoms with Crippen LogP contribution < -0.4 is 10.6 Å². The molecule has 0 bridgehead atoms. The van der Waals surface area contributed by atoms with Gasteiger partial charge in [0.25, 0.3) is 5.91 Å². The van der Waals surface area contributed by atoms with Gasteiger partial charge in [0.15, 0.2) is 0 Å². The highest BCUT2D eigenvalue weighted by Crippen LogP contribution is 2.20. The number of hydrogen-bond acceptors (Lipinski definition) is 6. The molecule has 1 atom stereocenters. The van der Waals surface area contributed by atoms with Crippen molar-refractivity contribution >= 4 is 29.4 Å². The standard InChI is InChI=1S/C18H20N6O4/c1-10(2)24-15(25)9-13(18(24)28)20-16(26)17(27)21-14-8-12(22-23(14)3)11-4-6-19-7-5-11/h4-8,10,13H,9H2,1-3H3,(H,20,26)(H,21,27). The SMILES string of the molecule is CC(C)N1C(=O)CC(NC(=O)C(=O)Nc2cc(-c3ccncc3)nn2C)C1=O. The first kappa shape index (κ1) is 19.2. The van der Waals surface area contributed by atoms with E-state index in [1.807, 2.05) is 0 Å². The highest BCUT2D eigenvalue weighted by molar-refractivity contribution is 6.40. The molecule has 28 heavy (non-hydrogen) atoms. The largest absolute Gasteiger partial charge is 0.335 e. The van der Waals surface area contributed by atoms with Gasteiger partial charge in [0.2, 0.25) is 5.91 Å². The first-order valence-electron chi connectivity index (χ1n) is 8.70. The Balaban J connectivity index is 1.66.